The van der Waals surface area contributed by atoms with E-state index in [1.807, 2.05) is 0 Å². The van der Waals surface area contributed by atoms with E-state index in [-0.39, 0.29) is 6.07 Å². The summed E-state index contributed by atoms with van der Waals surface area (Å²) in [4.78, 5) is 9.29. The topological polar surface area (TPSA) is 55.2 Å². The van der Waals surface area contributed by atoms with Crippen LogP contribution < -0.4 is 5.32 Å². The van der Waals surface area contributed by atoms with Crippen LogP contribution in [0.1, 0.15) is 5.56 Å². The van der Waals surface area contributed by atoms with E-state index in [1.54, 1.807) is 0 Å². The van der Waals surface area contributed by atoms with Gasteiger partial charge in [-0.1, -0.05) is 0 Å². The lowest BCUT2D eigenvalue weighted by molar-refractivity contribution is -0.385. The highest BCUT2D eigenvalue weighted by Gasteiger charge is 2.41. The molecule has 0 aliphatic carbocycles. The zero-order chi connectivity index (χ0) is 16.4. The molecule has 1 rings (SSSR count). The first kappa shape index (κ1) is 17.0. The number of anilines is 1. The van der Waals surface area contributed by atoms with Gasteiger partial charge in [-0.05, 0) is 6.07 Å². The standard InChI is InChI=1S/C10H7F7N2O2/c11-8(12)9(13,14)4-18-7-2-1-5(19(20)21)3-6(7)10(15,16)17/h1-3,8,18H,4H2. The van der Waals surface area contributed by atoms with Crippen molar-refractivity contribution in [3.63, 3.8) is 0 Å². The van der Waals surface area contributed by atoms with E-state index in [0.717, 1.165) is 0 Å². The van der Waals surface area contributed by atoms with Crippen LogP contribution in [-0.2, 0) is 6.18 Å². The largest absolute Gasteiger partial charge is 0.418 e. The van der Waals surface area contributed by atoms with E-state index in [4.69, 9.17) is 0 Å². The van der Waals surface area contributed by atoms with Gasteiger partial charge in [0.2, 0.25) is 0 Å². The highest BCUT2D eigenvalue weighted by Crippen LogP contribution is 2.37. The highest BCUT2D eigenvalue weighted by atomic mass is 19.4. The molecule has 11 heteroatoms. The Bertz CT molecular complexity index is 531. The Morgan fingerprint density at radius 1 is 1.19 bits per heavy atom. The molecule has 0 saturated heterocycles. The zero-order valence-electron chi connectivity index (χ0n) is 9.93. The number of nitro groups is 1. The number of alkyl halides is 7. The molecule has 0 radical (unpaired) electrons. The Kier molecular flexibility index (Phi) is 4.64. The molecule has 0 aliphatic rings. The number of halogens is 7. The van der Waals surface area contributed by atoms with Gasteiger partial charge in [-0.3, -0.25) is 10.1 Å². The summed E-state index contributed by atoms with van der Waals surface area (Å²) in [6, 6.07) is 1.30. The molecular weight excluding hydrogens is 313 g/mol. The molecule has 1 aromatic carbocycles. The van der Waals surface area contributed by atoms with Crippen molar-refractivity contribution in [2.24, 2.45) is 0 Å². The molecule has 0 spiro atoms. The maximum absolute atomic E-state index is 12.7. The van der Waals surface area contributed by atoms with Crippen LogP contribution in [0.5, 0.6) is 0 Å². The Hall–Kier alpha value is -2.07. The average Bonchev–Trinajstić information content (AvgIpc) is 2.34. The molecule has 0 amide bonds. The number of nitrogens with one attached hydrogen (secondary N) is 1. The zero-order valence-corrected chi connectivity index (χ0v) is 9.93. The van der Waals surface area contributed by atoms with Gasteiger partial charge in [-0.15, -0.1) is 0 Å². The number of nitro benzene ring substituents is 1. The fraction of sp³-hybridized carbons (Fsp3) is 0.400. The third-order valence-corrected chi connectivity index (χ3v) is 2.35. The molecule has 0 aromatic heterocycles. The van der Waals surface area contributed by atoms with E-state index < -0.39 is 46.9 Å². The minimum absolute atomic E-state index is 0.128. The van der Waals surface area contributed by atoms with Crippen molar-refractivity contribution in [1.29, 1.82) is 0 Å². The molecule has 0 heterocycles. The lowest BCUT2D eigenvalue weighted by Gasteiger charge is -2.19. The molecule has 4 nitrogen and oxygen atoms in total. The van der Waals surface area contributed by atoms with Gasteiger partial charge >= 0.3 is 18.5 Å². The van der Waals surface area contributed by atoms with Crippen LogP contribution in [0.2, 0.25) is 0 Å². The van der Waals surface area contributed by atoms with E-state index in [2.05, 4.69) is 0 Å². The number of benzene rings is 1. The Morgan fingerprint density at radius 2 is 1.76 bits per heavy atom. The Morgan fingerprint density at radius 3 is 2.19 bits per heavy atom. The number of non-ortho nitro benzene ring substituents is 1. The predicted octanol–water partition coefficient (Wildman–Crippen LogP) is 3.93. The second kappa shape index (κ2) is 5.74. The lowest BCUT2D eigenvalue weighted by Crippen LogP contribution is -2.35. The fourth-order valence-electron chi connectivity index (χ4n) is 1.32. The summed E-state index contributed by atoms with van der Waals surface area (Å²) in [5.74, 6) is -4.54. The van der Waals surface area contributed by atoms with Crippen molar-refractivity contribution in [1.82, 2.24) is 0 Å². The first-order chi connectivity index (χ1) is 9.45. The maximum atomic E-state index is 12.7. The van der Waals surface area contributed by atoms with Gasteiger partial charge in [0.25, 0.3) is 5.69 Å². The van der Waals surface area contributed by atoms with E-state index >= 15 is 0 Å². The van der Waals surface area contributed by atoms with Crippen molar-refractivity contribution in [2.45, 2.75) is 18.5 Å². The molecule has 0 saturated carbocycles. The minimum Gasteiger partial charge on any atom is -0.378 e. The Labute approximate surface area is 112 Å². The summed E-state index contributed by atoms with van der Waals surface area (Å²) in [5, 5.41) is 11.9. The van der Waals surface area contributed by atoms with Crippen LogP contribution in [0.15, 0.2) is 18.2 Å². The number of hydrogen-bond donors (Lipinski definition) is 1. The van der Waals surface area contributed by atoms with E-state index in [0.29, 0.717) is 12.1 Å². The third kappa shape index (κ3) is 4.20. The summed E-state index contributed by atoms with van der Waals surface area (Å²) < 4.78 is 87.2. The van der Waals surface area contributed by atoms with Crippen molar-refractivity contribution in [3.05, 3.63) is 33.9 Å². The van der Waals surface area contributed by atoms with Crippen LogP contribution in [0.25, 0.3) is 0 Å². The molecule has 1 N–H and O–H groups in total. The summed E-state index contributed by atoms with van der Waals surface area (Å²) in [6.07, 6.45) is -9.13. The van der Waals surface area contributed by atoms with Crippen LogP contribution in [-0.4, -0.2) is 23.8 Å². The molecule has 0 atom stereocenters. The summed E-state index contributed by atoms with van der Waals surface area (Å²) in [5.41, 5.74) is -3.45. The quantitative estimate of drug-likeness (QED) is 0.508. The summed E-state index contributed by atoms with van der Waals surface area (Å²) in [6.45, 7) is -1.74. The normalized spacial score (nSPS) is 12.6. The molecular formula is C10H7F7N2O2. The highest BCUT2D eigenvalue weighted by molar-refractivity contribution is 5.57. The summed E-state index contributed by atoms with van der Waals surface area (Å²) in [7, 11) is 0. The van der Waals surface area contributed by atoms with Gasteiger partial charge in [0.15, 0.2) is 0 Å². The Balaban J connectivity index is 3.10. The first-order valence-corrected chi connectivity index (χ1v) is 5.20. The van der Waals surface area contributed by atoms with Gasteiger partial charge in [0.1, 0.15) is 0 Å². The number of hydrogen-bond acceptors (Lipinski definition) is 3. The monoisotopic (exact) mass is 320 g/mol. The molecule has 118 valence electrons. The number of nitrogens with zero attached hydrogens (tertiary/aromatic N) is 1. The van der Waals surface area contributed by atoms with Gasteiger partial charge in [0, 0.05) is 17.8 Å². The second-order valence-electron chi connectivity index (χ2n) is 3.90. The molecule has 0 aliphatic heterocycles. The van der Waals surface area contributed by atoms with Crippen LogP contribution >= 0.6 is 0 Å². The van der Waals surface area contributed by atoms with Crippen molar-refractivity contribution in [2.75, 3.05) is 11.9 Å². The first-order valence-electron chi connectivity index (χ1n) is 5.20. The van der Waals surface area contributed by atoms with Crippen LogP contribution in [0.3, 0.4) is 0 Å². The van der Waals surface area contributed by atoms with E-state index in [1.165, 1.54) is 5.32 Å². The average molecular weight is 320 g/mol. The fourth-order valence-corrected chi connectivity index (χ4v) is 1.32. The van der Waals surface area contributed by atoms with Gasteiger partial charge < -0.3 is 5.32 Å². The van der Waals surface area contributed by atoms with Crippen molar-refractivity contribution < 1.29 is 35.7 Å². The van der Waals surface area contributed by atoms with Crippen molar-refractivity contribution in [3.8, 4) is 0 Å². The smallest absolute Gasteiger partial charge is 0.378 e. The molecule has 0 unspecified atom stereocenters. The molecule has 0 fully saturated rings. The minimum atomic E-state index is -5.07. The molecule has 1 aromatic rings. The number of rotatable bonds is 5. The van der Waals surface area contributed by atoms with E-state index in [9.17, 15) is 40.8 Å². The predicted molar refractivity (Wildman–Crippen MR) is 57.5 cm³/mol. The van der Waals surface area contributed by atoms with Gasteiger partial charge in [-0.25, -0.2) is 8.78 Å². The van der Waals surface area contributed by atoms with Crippen molar-refractivity contribution >= 4 is 11.4 Å². The molecule has 21 heavy (non-hydrogen) atoms. The van der Waals surface area contributed by atoms with Crippen LogP contribution in [0.4, 0.5) is 42.1 Å². The van der Waals surface area contributed by atoms with Crippen LogP contribution in [0, 0.1) is 10.1 Å². The SMILES string of the molecule is O=[N+]([O-])c1ccc(NCC(F)(F)C(F)F)c(C(F)(F)F)c1. The van der Waals surface area contributed by atoms with Gasteiger partial charge in [0.05, 0.1) is 17.0 Å². The lowest BCUT2D eigenvalue weighted by atomic mass is 10.1. The third-order valence-electron chi connectivity index (χ3n) is 2.35. The summed E-state index contributed by atoms with van der Waals surface area (Å²) >= 11 is 0. The maximum Gasteiger partial charge on any atom is 0.418 e. The van der Waals surface area contributed by atoms with Gasteiger partial charge in [-0.2, -0.15) is 22.0 Å². The second-order valence-corrected chi connectivity index (χ2v) is 3.90. The molecule has 0 bridgehead atoms.